The zero-order valence-corrected chi connectivity index (χ0v) is 14.6. The Morgan fingerprint density at radius 1 is 0.952 bits per heavy atom. The van der Waals surface area contributed by atoms with Crippen LogP contribution >= 0.6 is 22.6 Å². The summed E-state index contributed by atoms with van der Waals surface area (Å²) in [6, 6.07) is 0. The van der Waals surface area contributed by atoms with E-state index < -0.39 is 0 Å². The Morgan fingerprint density at radius 2 is 1.57 bits per heavy atom. The number of ether oxygens (including phenoxy) is 4. The maximum atomic E-state index is 5.47. The molecule has 0 N–H and O–H groups in total. The van der Waals surface area contributed by atoms with Crippen LogP contribution < -0.4 is 4.74 Å². The Morgan fingerprint density at radius 3 is 2.19 bits per heavy atom. The zero-order chi connectivity index (χ0) is 15.2. The molecule has 0 aromatic carbocycles. The lowest BCUT2D eigenvalue weighted by Crippen LogP contribution is -2.13. The first-order valence-electron chi connectivity index (χ1n) is 7.16. The molecule has 0 saturated carbocycles. The van der Waals surface area contributed by atoms with Crippen LogP contribution in [0.2, 0.25) is 0 Å². The van der Waals surface area contributed by atoms with E-state index >= 15 is 0 Å². The number of aromatic nitrogens is 2. The summed E-state index contributed by atoms with van der Waals surface area (Å²) < 4.78 is 22.5. The Balaban J connectivity index is 1.84. The molecule has 1 heterocycles. The third kappa shape index (κ3) is 9.94. The predicted octanol–water partition coefficient (Wildman–Crippen LogP) is 2.31. The van der Waals surface area contributed by atoms with Gasteiger partial charge in [0.15, 0.2) is 0 Å². The van der Waals surface area contributed by atoms with E-state index in [4.69, 9.17) is 18.9 Å². The van der Waals surface area contributed by atoms with Crippen LogP contribution in [-0.2, 0) is 14.2 Å². The first kappa shape index (κ1) is 18.5. The van der Waals surface area contributed by atoms with Crippen LogP contribution in [0.25, 0.3) is 0 Å². The van der Waals surface area contributed by atoms with Gasteiger partial charge in [0.2, 0.25) is 5.88 Å². The molecule has 0 bridgehead atoms. The van der Waals surface area contributed by atoms with Crippen LogP contribution in [0.1, 0.15) is 19.8 Å². The number of nitrogens with zero attached hydrogens (tertiary/aromatic N) is 2. The van der Waals surface area contributed by atoms with Gasteiger partial charge in [-0.15, -0.1) is 0 Å². The predicted molar refractivity (Wildman–Crippen MR) is 87.6 cm³/mol. The number of unbranched alkanes of at least 4 members (excludes halogenated alkanes) is 1. The molecule has 0 amide bonds. The smallest absolute Gasteiger partial charge is 0.230 e. The van der Waals surface area contributed by atoms with Gasteiger partial charge in [-0.1, -0.05) is 13.3 Å². The van der Waals surface area contributed by atoms with E-state index in [1.807, 2.05) is 0 Å². The van der Waals surface area contributed by atoms with Crippen molar-refractivity contribution in [2.24, 2.45) is 0 Å². The number of halogens is 1. The van der Waals surface area contributed by atoms with Gasteiger partial charge in [0, 0.05) is 12.8 Å². The molecular weight excluding hydrogens is 387 g/mol. The molecule has 0 radical (unpaired) electrons. The van der Waals surface area contributed by atoms with Crippen LogP contribution in [-0.4, -0.2) is 56.2 Å². The third-order valence-corrected chi connectivity index (χ3v) is 3.23. The number of rotatable bonds is 13. The van der Waals surface area contributed by atoms with Gasteiger partial charge in [0.25, 0.3) is 0 Å². The van der Waals surface area contributed by atoms with Crippen LogP contribution in [0.5, 0.6) is 5.88 Å². The second kappa shape index (κ2) is 13.2. The minimum atomic E-state index is 0.465. The van der Waals surface area contributed by atoms with Crippen LogP contribution in [0.15, 0.2) is 12.5 Å². The summed E-state index contributed by atoms with van der Waals surface area (Å²) in [4.78, 5) is 7.93. The van der Waals surface area contributed by atoms with Crippen LogP contribution in [0.3, 0.4) is 0 Å². The van der Waals surface area contributed by atoms with Crippen molar-refractivity contribution in [2.75, 3.05) is 46.2 Å². The highest BCUT2D eigenvalue weighted by Gasteiger charge is 2.01. The molecular formula is C14H23IN2O4. The van der Waals surface area contributed by atoms with E-state index in [2.05, 4.69) is 39.5 Å². The minimum absolute atomic E-state index is 0.465. The lowest BCUT2D eigenvalue weighted by Gasteiger charge is -2.08. The topological polar surface area (TPSA) is 62.7 Å². The highest BCUT2D eigenvalue weighted by atomic mass is 127. The summed E-state index contributed by atoms with van der Waals surface area (Å²) in [6.45, 7) is 6.32. The summed E-state index contributed by atoms with van der Waals surface area (Å²) in [5.41, 5.74) is 0. The van der Waals surface area contributed by atoms with Gasteiger partial charge in [-0.2, -0.15) is 0 Å². The lowest BCUT2D eigenvalue weighted by molar-refractivity contribution is 0.00866. The Kier molecular flexibility index (Phi) is 11.6. The van der Waals surface area contributed by atoms with E-state index in [1.165, 1.54) is 6.33 Å². The molecule has 120 valence electrons. The second-order valence-corrected chi connectivity index (χ2v) is 5.38. The molecule has 0 aliphatic heterocycles. The number of hydrogen-bond acceptors (Lipinski definition) is 6. The Hall–Kier alpha value is -0.510. The molecule has 1 aromatic heterocycles. The summed E-state index contributed by atoms with van der Waals surface area (Å²) in [7, 11) is 0. The van der Waals surface area contributed by atoms with Crippen molar-refractivity contribution in [2.45, 2.75) is 19.8 Å². The normalized spacial score (nSPS) is 10.8. The highest BCUT2D eigenvalue weighted by Crippen LogP contribution is 2.14. The standard InChI is InChI=1S/C14H23IN2O4/c1-2-3-4-18-5-6-19-7-8-20-9-10-21-14-13(15)11-16-12-17-14/h11-12H,2-10H2,1H3. The summed E-state index contributed by atoms with van der Waals surface area (Å²) in [5, 5.41) is 0. The fraction of sp³-hybridized carbons (Fsp3) is 0.714. The molecule has 1 aromatic rings. The molecule has 0 atom stereocenters. The Labute approximate surface area is 139 Å². The van der Waals surface area contributed by atoms with Gasteiger partial charge in [-0.3, -0.25) is 0 Å². The van der Waals surface area contributed by atoms with Crippen molar-refractivity contribution < 1.29 is 18.9 Å². The quantitative estimate of drug-likeness (QED) is 0.368. The molecule has 1 rings (SSSR count). The molecule has 0 saturated heterocycles. The molecule has 0 aliphatic carbocycles. The molecule has 6 nitrogen and oxygen atoms in total. The first-order chi connectivity index (χ1) is 10.3. The lowest BCUT2D eigenvalue weighted by atomic mass is 10.4. The molecule has 0 unspecified atom stereocenters. The fourth-order valence-corrected chi connectivity index (χ4v) is 1.85. The minimum Gasteiger partial charge on any atom is -0.474 e. The largest absolute Gasteiger partial charge is 0.474 e. The summed E-state index contributed by atoms with van der Waals surface area (Å²) >= 11 is 2.13. The SMILES string of the molecule is CCCCOCCOCCOCCOc1ncncc1I. The first-order valence-corrected chi connectivity index (χ1v) is 8.24. The van der Waals surface area contributed by atoms with Crippen molar-refractivity contribution in [3.8, 4) is 5.88 Å². The van der Waals surface area contributed by atoms with Crippen molar-refractivity contribution in [1.82, 2.24) is 9.97 Å². The Bertz CT molecular complexity index is 369. The van der Waals surface area contributed by atoms with Crippen molar-refractivity contribution >= 4 is 22.6 Å². The van der Waals surface area contributed by atoms with Crippen molar-refractivity contribution in [3.63, 3.8) is 0 Å². The van der Waals surface area contributed by atoms with Gasteiger partial charge < -0.3 is 18.9 Å². The summed E-state index contributed by atoms with van der Waals surface area (Å²) in [5.74, 6) is 0.592. The van der Waals surface area contributed by atoms with E-state index in [0.29, 0.717) is 45.5 Å². The van der Waals surface area contributed by atoms with Crippen molar-refractivity contribution in [3.05, 3.63) is 16.1 Å². The second-order valence-electron chi connectivity index (χ2n) is 4.21. The van der Waals surface area contributed by atoms with Gasteiger partial charge in [0.1, 0.15) is 12.9 Å². The van der Waals surface area contributed by atoms with E-state index in [1.54, 1.807) is 6.20 Å². The average Bonchev–Trinajstić information content (AvgIpc) is 2.50. The summed E-state index contributed by atoms with van der Waals surface area (Å²) in [6.07, 6.45) is 5.44. The molecule has 7 heteroatoms. The van der Waals surface area contributed by atoms with Gasteiger partial charge in [0.05, 0.1) is 36.6 Å². The van der Waals surface area contributed by atoms with Gasteiger partial charge >= 0.3 is 0 Å². The molecule has 0 fully saturated rings. The van der Waals surface area contributed by atoms with Gasteiger partial charge in [-0.25, -0.2) is 9.97 Å². The fourth-order valence-electron chi connectivity index (χ4n) is 1.39. The van der Waals surface area contributed by atoms with Crippen LogP contribution in [0, 0.1) is 3.57 Å². The third-order valence-electron chi connectivity index (χ3n) is 2.49. The monoisotopic (exact) mass is 410 g/mol. The van der Waals surface area contributed by atoms with Gasteiger partial charge in [-0.05, 0) is 29.0 Å². The number of hydrogen-bond donors (Lipinski definition) is 0. The van der Waals surface area contributed by atoms with Crippen molar-refractivity contribution in [1.29, 1.82) is 0 Å². The highest BCUT2D eigenvalue weighted by molar-refractivity contribution is 14.1. The van der Waals surface area contributed by atoms with E-state index in [9.17, 15) is 0 Å². The van der Waals surface area contributed by atoms with Crippen LogP contribution in [0.4, 0.5) is 0 Å². The van der Waals surface area contributed by atoms with E-state index in [-0.39, 0.29) is 0 Å². The molecule has 0 spiro atoms. The maximum absolute atomic E-state index is 5.47. The molecule has 0 aliphatic rings. The maximum Gasteiger partial charge on any atom is 0.230 e. The van der Waals surface area contributed by atoms with E-state index in [0.717, 1.165) is 23.0 Å². The average molecular weight is 410 g/mol. The molecule has 21 heavy (non-hydrogen) atoms. The zero-order valence-electron chi connectivity index (χ0n) is 12.4.